The molecule has 24 heavy (non-hydrogen) atoms. The van der Waals surface area contributed by atoms with E-state index in [2.05, 4.69) is 18.8 Å². The van der Waals surface area contributed by atoms with Crippen LogP contribution in [0.1, 0.15) is 37.3 Å². The average molecular weight is 317 g/mol. The third kappa shape index (κ3) is 5.14. The van der Waals surface area contributed by atoms with Crippen LogP contribution in [0.2, 0.25) is 0 Å². The van der Waals surface area contributed by atoms with Crippen molar-refractivity contribution in [1.29, 1.82) is 0 Å². The lowest BCUT2D eigenvalue weighted by atomic mass is 10.1. The number of carbonyl (C=O) groups is 1. The monoisotopic (exact) mass is 317 g/mol. The molecule has 122 valence electrons. The summed E-state index contributed by atoms with van der Waals surface area (Å²) < 4.78 is 0. The normalized spacial score (nSPS) is 10.2. The maximum absolute atomic E-state index is 12.4. The number of carbonyl (C=O) groups excluding carboxylic acids is 1. The van der Waals surface area contributed by atoms with Crippen molar-refractivity contribution in [2.24, 2.45) is 0 Å². The number of hydrogen-bond donors (Lipinski definition) is 0. The van der Waals surface area contributed by atoms with Crippen molar-refractivity contribution in [3.05, 3.63) is 71.8 Å². The third-order valence-electron chi connectivity index (χ3n) is 3.69. The van der Waals surface area contributed by atoms with Gasteiger partial charge in [0.05, 0.1) is 5.69 Å². The summed E-state index contributed by atoms with van der Waals surface area (Å²) in [5.74, 6) is 6.31. The summed E-state index contributed by atoms with van der Waals surface area (Å²) >= 11 is 0. The van der Waals surface area contributed by atoms with Crippen LogP contribution in [0.3, 0.4) is 0 Å². The molecule has 0 aliphatic rings. The molecule has 2 aromatic carbocycles. The first kappa shape index (κ1) is 17.6. The summed E-state index contributed by atoms with van der Waals surface area (Å²) in [6.07, 6.45) is 6.55. The Labute approximate surface area is 144 Å². The predicted octanol–water partition coefficient (Wildman–Crippen LogP) is 4.90. The molecular weight excluding hydrogens is 294 g/mol. The number of hydrogen-bond acceptors (Lipinski definition) is 1. The van der Waals surface area contributed by atoms with E-state index in [4.69, 9.17) is 0 Å². The largest absolute Gasteiger partial charge is 0.311 e. The molecular formula is C22H23NO. The highest BCUT2D eigenvalue weighted by Gasteiger charge is 2.10. The van der Waals surface area contributed by atoms with Crippen LogP contribution >= 0.6 is 0 Å². The highest BCUT2D eigenvalue weighted by atomic mass is 16.2. The summed E-state index contributed by atoms with van der Waals surface area (Å²) in [5.41, 5.74) is 2.73. The summed E-state index contributed by atoms with van der Waals surface area (Å²) in [6, 6.07) is 17.6. The summed E-state index contributed by atoms with van der Waals surface area (Å²) in [7, 11) is 1.78. The van der Waals surface area contributed by atoms with E-state index in [0.29, 0.717) is 0 Å². The molecule has 0 saturated heterocycles. The van der Waals surface area contributed by atoms with E-state index in [-0.39, 0.29) is 5.91 Å². The van der Waals surface area contributed by atoms with Crippen molar-refractivity contribution in [3.63, 3.8) is 0 Å². The van der Waals surface area contributed by atoms with Crippen molar-refractivity contribution >= 4 is 17.7 Å². The number of likely N-dealkylation sites (N-methyl/N-ethyl adjacent to an activating group) is 1. The van der Waals surface area contributed by atoms with Crippen molar-refractivity contribution in [2.45, 2.75) is 26.2 Å². The van der Waals surface area contributed by atoms with E-state index < -0.39 is 0 Å². The van der Waals surface area contributed by atoms with E-state index in [1.807, 2.05) is 60.7 Å². The number of amides is 1. The van der Waals surface area contributed by atoms with Crippen LogP contribution in [0.25, 0.3) is 6.08 Å². The third-order valence-corrected chi connectivity index (χ3v) is 3.69. The fourth-order valence-corrected chi connectivity index (χ4v) is 2.26. The summed E-state index contributed by atoms with van der Waals surface area (Å²) in [6.45, 7) is 2.15. The quantitative estimate of drug-likeness (QED) is 0.436. The van der Waals surface area contributed by atoms with Gasteiger partial charge in [0, 0.05) is 25.1 Å². The fraction of sp³-hybridized carbons (Fsp3) is 0.227. The van der Waals surface area contributed by atoms with Gasteiger partial charge in [0.25, 0.3) is 5.91 Å². The molecule has 2 heteroatoms. The molecule has 0 aromatic heterocycles. The lowest BCUT2D eigenvalue weighted by Gasteiger charge is -2.17. The summed E-state index contributed by atoms with van der Waals surface area (Å²) in [4.78, 5) is 14.1. The highest BCUT2D eigenvalue weighted by molar-refractivity contribution is 6.04. The van der Waals surface area contributed by atoms with E-state index >= 15 is 0 Å². The molecule has 0 heterocycles. The Balaban J connectivity index is 2.13. The van der Waals surface area contributed by atoms with Gasteiger partial charge in [-0.15, -0.1) is 0 Å². The molecule has 0 fully saturated rings. The van der Waals surface area contributed by atoms with E-state index in [0.717, 1.165) is 36.1 Å². The van der Waals surface area contributed by atoms with Crippen LogP contribution in [0.5, 0.6) is 0 Å². The standard InChI is InChI=1S/C22H23NO/c1-3-4-5-9-14-20-15-10-11-16-21(20)23(2)22(24)18-17-19-12-7-6-8-13-19/h6-8,10-13,15-18H,3-5H2,1-2H3/b18-17+. The zero-order valence-corrected chi connectivity index (χ0v) is 14.3. The Morgan fingerprint density at radius 1 is 1.08 bits per heavy atom. The van der Waals surface area contributed by atoms with Gasteiger partial charge in [-0.1, -0.05) is 67.6 Å². The Morgan fingerprint density at radius 3 is 2.54 bits per heavy atom. The molecule has 1 amide bonds. The minimum atomic E-state index is -0.0679. The molecule has 2 nitrogen and oxygen atoms in total. The number of para-hydroxylation sites is 1. The number of unbranched alkanes of at least 4 members (excludes halogenated alkanes) is 2. The first-order valence-electron chi connectivity index (χ1n) is 8.31. The van der Waals surface area contributed by atoms with Gasteiger partial charge in [-0.25, -0.2) is 0 Å². The molecule has 0 saturated carbocycles. The van der Waals surface area contributed by atoms with Gasteiger partial charge in [0.2, 0.25) is 0 Å². The zero-order valence-electron chi connectivity index (χ0n) is 14.3. The molecule has 0 N–H and O–H groups in total. The van der Waals surface area contributed by atoms with Gasteiger partial charge >= 0.3 is 0 Å². The Kier molecular flexibility index (Phi) is 6.86. The smallest absolute Gasteiger partial charge is 0.250 e. The molecule has 0 spiro atoms. The molecule has 0 radical (unpaired) electrons. The van der Waals surface area contributed by atoms with Gasteiger partial charge in [-0.3, -0.25) is 4.79 Å². The van der Waals surface area contributed by atoms with Crippen molar-refractivity contribution in [1.82, 2.24) is 0 Å². The Morgan fingerprint density at radius 2 is 1.79 bits per heavy atom. The number of nitrogens with zero attached hydrogens (tertiary/aromatic N) is 1. The minimum absolute atomic E-state index is 0.0679. The first-order chi connectivity index (χ1) is 11.7. The number of benzene rings is 2. The molecule has 2 rings (SSSR count). The van der Waals surface area contributed by atoms with Crippen molar-refractivity contribution in [2.75, 3.05) is 11.9 Å². The molecule has 0 atom stereocenters. The van der Waals surface area contributed by atoms with Crippen LogP contribution in [-0.2, 0) is 4.79 Å². The van der Waals surface area contributed by atoms with E-state index in [1.165, 1.54) is 0 Å². The maximum atomic E-state index is 12.4. The van der Waals surface area contributed by atoms with E-state index in [1.54, 1.807) is 18.0 Å². The van der Waals surface area contributed by atoms with Crippen molar-refractivity contribution in [3.8, 4) is 11.8 Å². The highest BCUT2D eigenvalue weighted by Crippen LogP contribution is 2.19. The van der Waals surface area contributed by atoms with Gasteiger partial charge < -0.3 is 4.90 Å². The number of anilines is 1. The first-order valence-corrected chi connectivity index (χ1v) is 8.31. The second kappa shape index (κ2) is 9.37. The van der Waals surface area contributed by atoms with Gasteiger partial charge in [0.1, 0.15) is 0 Å². The molecule has 0 bridgehead atoms. The minimum Gasteiger partial charge on any atom is -0.311 e. The van der Waals surface area contributed by atoms with Crippen LogP contribution in [0.15, 0.2) is 60.7 Å². The lowest BCUT2D eigenvalue weighted by Crippen LogP contribution is -2.24. The Bertz CT molecular complexity index is 750. The SMILES string of the molecule is CCCCC#Cc1ccccc1N(C)C(=O)/C=C/c1ccccc1. The van der Waals surface area contributed by atoms with Crippen molar-refractivity contribution < 1.29 is 4.79 Å². The maximum Gasteiger partial charge on any atom is 0.250 e. The average Bonchev–Trinajstić information content (AvgIpc) is 2.64. The van der Waals surface area contributed by atoms with Gasteiger partial charge in [-0.05, 0) is 30.2 Å². The Hall–Kier alpha value is -2.79. The van der Waals surface area contributed by atoms with Crippen LogP contribution in [0, 0.1) is 11.8 Å². The topological polar surface area (TPSA) is 20.3 Å². The molecule has 2 aromatic rings. The number of rotatable bonds is 5. The van der Waals surface area contributed by atoms with Gasteiger partial charge in [-0.2, -0.15) is 0 Å². The zero-order chi connectivity index (χ0) is 17.2. The second-order valence-electron chi connectivity index (χ2n) is 5.56. The van der Waals surface area contributed by atoms with Crippen LogP contribution in [0.4, 0.5) is 5.69 Å². The molecule has 0 unspecified atom stereocenters. The predicted molar refractivity (Wildman–Crippen MR) is 102 cm³/mol. The fourth-order valence-electron chi connectivity index (χ4n) is 2.26. The van der Waals surface area contributed by atoms with E-state index in [9.17, 15) is 4.79 Å². The lowest BCUT2D eigenvalue weighted by molar-refractivity contribution is -0.113. The second-order valence-corrected chi connectivity index (χ2v) is 5.56. The molecule has 0 aliphatic carbocycles. The van der Waals surface area contributed by atoms with Crippen LogP contribution < -0.4 is 4.90 Å². The van der Waals surface area contributed by atoms with Crippen LogP contribution in [-0.4, -0.2) is 13.0 Å². The molecule has 0 aliphatic heterocycles. The summed E-state index contributed by atoms with van der Waals surface area (Å²) in [5, 5.41) is 0. The van der Waals surface area contributed by atoms with Gasteiger partial charge in [0.15, 0.2) is 0 Å².